The average molecular weight is 324 g/mol. The highest BCUT2D eigenvalue weighted by Gasteiger charge is 2.19. The number of rotatable bonds is 3. The molecule has 3 aromatic rings. The molecule has 0 radical (unpaired) electrons. The van der Waals surface area contributed by atoms with E-state index in [9.17, 15) is 8.78 Å². The summed E-state index contributed by atoms with van der Waals surface area (Å²) in [5.41, 5.74) is 0.522. The second-order valence-corrected chi connectivity index (χ2v) is 6.27. The van der Waals surface area contributed by atoms with Gasteiger partial charge in [0.2, 0.25) is 0 Å². The predicted octanol–water partition coefficient (Wildman–Crippen LogP) is 5.14. The van der Waals surface area contributed by atoms with Crippen LogP contribution in [-0.4, -0.2) is 7.05 Å². The van der Waals surface area contributed by atoms with E-state index in [0.29, 0.717) is 10.6 Å². The summed E-state index contributed by atoms with van der Waals surface area (Å²) in [6, 6.07) is 10.9. The fourth-order valence-electron chi connectivity index (χ4n) is 2.36. The largest absolute Gasteiger partial charge is 0.309 e. The van der Waals surface area contributed by atoms with E-state index in [4.69, 9.17) is 11.6 Å². The molecule has 1 aromatic heterocycles. The van der Waals surface area contributed by atoms with Gasteiger partial charge in [-0.3, -0.25) is 0 Å². The van der Waals surface area contributed by atoms with Crippen molar-refractivity contribution in [3.63, 3.8) is 0 Å². The normalized spacial score (nSPS) is 12.8. The lowest BCUT2D eigenvalue weighted by Gasteiger charge is -2.15. The van der Waals surface area contributed by atoms with Gasteiger partial charge in [-0.1, -0.05) is 17.7 Å². The van der Waals surface area contributed by atoms with Gasteiger partial charge in [0.15, 0.2) is 0 Å². The van der Waals surface area contributed by atoms with Gasteiger partial charge in [0.1, 0.15) is 11.6 Å². The van der Waals surface area contributed by atoms with Crippen LogP contribution in [0.4, 0.5) is 8.78 Å². The number of fused-ring (bicyclic) bond motifs is 1. The van der Waals surface area contributed by atoms with Crippen molar-refractivity contribution >= 4 is 33.0 Å². The zero-order chi connectivity index (χ0) is 15.0. The zero-order valence-electron chi connectivity index (χ0n) is 11.2. The lowest BCUT2D eigenvalue weighted by Crippen LogP contribution is -2.17. The standard InChI is InChI=1S/C16H12ClF2NS/c1-20-16(12-4-2-10(17)8-13(12)19)15-7-9-6-11(18)3-5-14(9)21-15/h2-8,16,20H,1H3. The molecule has 0 bridgehead atoms. The van der Waals surface area contributed by atoms with Crippen LogP contribution in [0.25, 0.3) is 10.1 Å². The van der Waals surface area contributed by atoms with Crippen molar-refractivity contribution in [2.75, 3.05) is 7.05 Å². The van der Waals surface area contributed by atoms with Crippen molar-refractivity contribution < 1.29 is 8.78 Å². The summed E-state index contributed by atoms with van der Waals surface area (Å²) in [5.74, 6) is -0.629. The lowest BCUT2D eigenvalue weighted by atomic mass is 10.0. The Morgan fingerprint density at radius 1 is 1.10 bits per heavy atom. The molecule has 3 rings (SSSR count). The molecule has 1 heterocycles. The summed E-state index contributed by atoms with van der Waals surface area (Å²) >= 11 is 7.31. The topological polar surface area (TPSA) is 12.0 Å². The fraction of sp³-hybridized carbons (Fsp3) is 0.125. The van der Waals surface area contributed by atoms with Gasteiger partial charge >= 0.3 is 0 Å². The van der Waals surface area contributed by atoms with E-state index >= 15 is 0 Å². The summed E-state index contributed by atoms with van der Waals surface area (Å²) in [6.45, 7) is 0. The van der Waals surface area contributed by atoms with E-state index < -0.39 is 0 Å². The molecule has 0 aliphatic heterocycles. The maximum absolute atomic E-state index is 14.1. The highest BCUT2D eigenvalue weighted by molar-refractivity contribution is 7.19. The molecule has 0 spiro atoms. The Hall–Kier alpha value is -1.49. The third-order valence-electron chi connectivity index (χ3n) is 3.34. The first-order chi connectivity index (χ1) is 10.1. The smallest absolute Gasteiger partial charge is 0.129 e. The van der Waals surface area contributed by atoms with Gasteiger partial charge in [-0.05, 0) is 48.8 Å². The van der Waals surface area contributed by atoms with Crippen molar-refractivity contribution in [3.8, 4) is 0 Å². The quantitative estimate of drug-likeness (QED) is 0.703. The van der Waals surface area contributed by atoms with E-state index in [1.54, 1.807) is 25.2 Å². The molecule has 1 unspecified atom stereocenters. The van der Waals surface area contributed by atoms with Crippen molar-refractivity contribution in [2.24, 2.45) is 0 Å². The molecule has 5 heteroatoms. The van der Waals surface area contributed by atoms with Crippen molar-refractivity contribution in [1.82, 2.24) is 5.32 Å². The monoisotopic (exact) mass is 323 g/mol. The van der Waals surface area contributed by atoms with Crippen LogP contribution in [0.15, 0.2) is 42.5 Å². The first-order valence-corrected chi connectivity index (χ1v) is 7.59. The van der Waals surface area contributed by atoms with E-state index in [2.05, 4.69) is 5.32 Å². The van der Waals surface area contributed by atoms with Gasteiger partial charge in [0.05, 0.1) is 6.04 Å². The first kappa shape index (κ1) is 14.4. The molecule has 2 aromatic carbocycles. The summed E-state index contributed by atoms with van der Waals surface area (Å²) in [4.78, 5) is 0.930. The molecule has 21 heavy (non-hydrogen) atoms. The van der Waals surface area contributed by atoms with Gasteiger partial charge in [0.25, 0.3) is 0 Å². The Bertz CT molecular complexity index is 800. The van der Waals surface area contributed by atoms with Crippen LogP contribution in [0, 0.1) is 11.6 Å². The molecule has 108 valence electrons. The molecule has 0 aliphatic carbocycles. The minimum atomic E-state index is -0.356. The van der Waals surface area contributed by atoms with E-state index in [1.165, 1.54) is 29.5 Å². The average Bonchev–Trinajstić information content (AvgIpc) is 2.84. The van der Waals surface area contributed by atoms with Gasteiger partial charge in [-0.15, -0.1) is 11.3 Å². The molecular weight excluding hydrogens is 312 g/mol. The lowest BCUT2D eigenvalue weighted by molar-refractivity contribution is 0.579. The second kappa shape index (κ2) is 5.72. The van der Waals surface area contributed by atoms with E-state index in [1.807, 2.05) is 6.07 Å². The maximum Gasteiger partial charge on any atom is 0.129 e. The Kier molecular flexibility index (Phi) is 3.93. The predicted molar refractivity (Wildman–Crippen MR) is 84.1 cm³/mol. The third kappa shape index (κ3) is 2.79. The van der Waals surface area contributed by atoms with Gasteiger partial charge in [-0.2, -0.15) is 0 Å². The van der Waals surface area contributed by atoms with Crippen LogP contribution in [0.1, 0.15) is 16.5 Å². The van der Waals surface area contributed by atoms with Crippen molar-refractivity contribution in [2.45, 2.75) is 6.04 Å². The number of nitrogens with one attached hydrogen (secondary N) is 1. The highest BCUT2D eigenvalue weighted by Crippen LogP contribution is 2.34. The fourth-order valence-corrected chi connectivity index (χ4v) is 3.70. The van der Waals surface area contributed by atoms with Crippen LogP contribution < -0.4 is 5.32 Å². The van der Waals surface area contributed by atoms with Crippen LogP contribution in [0.3, 0.4) is 0 Å². The molecule has 1 atom stereocenters. The molecule has 1 N–H and O–H groups in total. The van der Waals surface area contributed by atoms with Crippen LogP contribution >= 0.6 is 22.9 Å². The Balaban J connectivity index is 2.09. The number of hydrogen-bond donors (Lipinski definition) is 1. The zero-order valence-corrected chi connectivity index (χ0v) is 12.7. The Morgan fingerprint density at radius 2 is 1.90 bits per heavy atom. The van der Waals surface area contributed by atoms with E-state index in [0.717, 1.165) is 15.0 Å². The molecule has 0 amide bonds. The SMILES string of the molecule is CNC(c1cc2cc(F)ccc2s1)c1ccc(Cl)cc1F. The number of hydrogen-bond acceptors (Lipinski definition) is 2. The highest BCUT2D eigenvalue weighted by atomic mass is 35.5. The maximum atomic E-state index is 14.1. The molecule has 0 aliphatic rings. The molecule has 0 saturated carbocycles. The molecule has 0 fully saturated rings. The Labute approximate surface area is 130 Å². The minimum absolute atomic E-state index is 0.273. The molecule has 1 nitrogen and oxygen atoms in total. The van der Waals surface area contributed by atoms with Gasteiger partial charge < -0.3 is 5.32 Å². The second-order valence-electron chi connectivity index (χ2n) is 4.72. The van der Waals surface area contributed by atoms with E-state index in [-0.39, 0.29) is 17.7 Å². The van der Waals surface area contributed by atoms with Crippen molar-refractivity contribution in [1.29, 1.82) is 0 Å². The first-order valence-electron chi connectivity index (χ1n) is 6.39. The van der Waals surface area contributed by atoms with Crippen LogP contribution in [0.5, 0.6) is 0 Å². The van der Waals surface area contributed by atoms with Gasteiger partial charge in [-0.25, -0.2) is 8.78 Å². The summed E-state index contributed by atoms with van der Waals surface area (Å²) in [6.07, 6.45) is 0. The number of thiophene rings is 1. The van der Waals surface area contributed by atoms with Crippen LogP contribution in [0.2, 0.25) is 5.02 Å². The third-order valence-corrected chi connectivity index (χ3v) is 4.76. The molecular formula is C16H12ClF2NS. The van der Waals surface area contributed by atoms with Crippen LogP contribution in [-0.2, 0) is 0 Å². The van der Waals surface area contributed by atoms with Gasteiger partial charge in [0, 0.05) is 20.2 Å². The Morgan fingerprint density at radius 3 is 2.62 bits per heavy atom. The van der Waals surface area contributed by atoms with Crippen molar-refractivity contribution in [3.05, 3.63) is 69.6 Å². The minimum Gasteiger partial charge on any atom is -0.309 e. The summed E-state index contributed by atoms with van der Waals surface area (Å²) < 4.78 is 28.4. The molecule has 0 saturated heterocycles. The number of halogens is 3. The number of benzene rings is 2. The summed E-state index contributed by atoms with van der Waals surface area (Å²) in [7, 11) is 1.77. The summed E-state index contributed by atoms with van der Waals surface area (Å²) in [5, 5.41) is 4.29.